The van der Waals surface area contributed by atoms with Crippen molar-refractivity contribution >= 4 is 21.4 Å². The second-order valence-corrected chi connectivity index (χ2v) is 7.54. The van der Waals surface area contributed by atoms with Gasteiger partial charge < -0.3 is 10.2 Å². The van der Waals surface area contributed by atoms with Crippen LogP contribution in [0.2, 0.25) is 0 Å². The minimum atomic E-state index is -3.42. The van der Waals surface area contributed by atoms with E-state index in [0.717, 1.165) is 17.8 Å². The summed E-state index contributed by atoms with van der Waals surface area (Å²) in [7, 11) is 2.35. The van der Waals surface area contributed by atoms with E-state index in [4.69, 9.17) is 0 Å². The fourth-order valence-electron chi connectivity index (χ4n) is 1.70. The van der Waals surface area contributed by atoms with Crippen molar-refractivity contribution in [3.63, 3.8) is 0 Å². The third kappa shape index (κ3) is 5.19. The molecule has 0 saturated carbocycles. The van der Waals surface area contributed by atoms with Crippen LogP contribution in [0.3, 0.4) is 0 Å². The number of sulfonamides is 1. The summed E-state index contributed by atoms with van der Waals surface area (Å²) in [6.07, 6.45) is 0.789. The lowest BCUT2D eigenvalue weighted by atomic mass is 10.2. The molecule has 0 aromatic carbocycles. The molecule has 110 valence electrons. The lowest BCUT2D eigenvalue weighted by Crippen LogP contribution is -2.35. The number of hydrogen-bond acceptors (Lipinski definition) is 5. The highest BCUT2D eigenvalue weighted by Crippen LogP contribution is 2.22. The average Bonchev–Trinajstić information content (AvgIpc) is 2.75. The van der Waals surface area contributed by atoms with Gasteiger partial charge in [-0.2, -0.15) is 0 Å². The van der Waals surface area contributed by atoms with E-state index in [9.17, 15) is 8.42 Å². The van der Waals surface area contributed by atoms with Crippen molar-refractivity contribution in [2.75, 3.05) is 27.7 Å². The Morgan fingerprint density at radius 2 is 2.11 bits per heavy atom. The molecule has 0 aliphatic rings. The Balaban J connectivity index is 2.72. The number of nitrogens with one attached hydrogen (secondary N) is 2. The molecule has 1 atom stereocenters. The van der Waals surface area contributed by atoms with Gasteiger partial charge in [0.1, 0.15) is 0 Å². The van der Waals surface area contributed by atoms with Crippen LogP contribution >= 0.6 is 11.3 Å². The van der Waals surface area contributed by atoms with Crippen molar-refractivity contribution in [3.8, 4) is 0 Å². The summed E-state index contributed by atoms with van der Waals surface area (Å²) in [5, 5.41) is 4.80. The SMILES string of the molecule is CNCc1sccc1S(=O)(=O)NC(C)CCN(C)C. The van der Waals surface area contributed by atoms with Crippen molar-refractivity contribution in [2.45, 2.75) is 30.8 Å². The molecule has 0 radical (unpaired) electrons. The molecule has 0 fully saturated rings. The highest BCUT2D eigenvalue weighted by molar-refractivity contribution is 7.89. The van der Waals surface area contributed by atoms with E-state index in [2.05, 4.69) is 10.0 Å². The van der Waals surface area contributed by atoms with Crippen LogP contribution in [0.1, 0.15) is 18.2 Å². The number of hydrogen-bond donors (Lipinski definition) is 2. The first kappa shape index (κ1) is 16.6. The summed E-state index contributed by atoms with van der Waals surface area (Å²) in [4.78, 5) is 3.28. The summed E-state index contributed by atoms with van der Waals surface area (Å²) >= 11 is 1.46. The Hall–Kier alpha value is -0.470. The van der Waals surface area contributed by atoms with E-state index >= 15 is 0 Å². The van der Waals surface area contributed by atoms with Gasteiger partial charge in [-0.05, 0) is 52.5 Å². The summed E-state index contributed by atoms with van der Waals surface area (Å²) in [6, 6.07) is 1.59. The van der Waals surface area contributed by atoms with Crippen LogP contribution in [0.25, 0.3) is 0 Å². The lowest BCUT2D eigenvalue weighted by Gasteiger charge is -2.17. The van der Waals surface area contributed by atoms with Crippen LogP contribution in [0.15, 0.2) is 16.3 Å². The van der Waals surface area contributed by atoms with Crippen LogP contribution < -0.4 is 10.0 Å². The van der Waals surface area contributed by atoms with Gasteiger partial charge in [0.05, 0.1) is 4.90 Å². The topological polar surface area (TPSA) is 61.4 Å². The molecule has 1 unspecified atom stereocenters. The molecular weight excluding hydrogens is 282 g/mol. The molecule has 1 rings (SSSR count). The molecule has 7 heteroatoms. The summed E-state index contributed by atoms with van der Waals surface area (Å²) in [6.45, 7) is 3.32. The summed E-state index contributed by atoms with van der Waals surface area (Å²) < 4.78 is 27.3. The third-order valence-corrected chi connectivity index (χ3v) is 5.42. The quantitative estimate of drug-likeness (QED) is 0.755. The smallest absolute Gasteiger partial charge is 0.241 e. The first-order valence-corrected chi connectivity index (χ1v) is 8.61. The van der Waals surface area contributed by atoms with Gasteiger partial charge >= 0.3 is 0 Å². The molecule has 5 nitrogen and oxygen atoms in total. The fourth-order valence-corrected chi connectivity index (χ4v) is 4.43. The van der Waals surface area contributed by atoms with Crippen molar-refractivity contribution in [3.05, 3.63) is 16.3 Å². The van der Waals surface area contributed by atoms with Crippen molar-refractivity contribution in [1.29, 1.82) is 0 Å². The Morgan fingerprint density at radius 3 is 2.68 bits per heavy atom. The van der Waals surface area contributed by atoms with E-state index in [-0.39, 0.29) is 6.04 Å². The molecule has 0 aliphatic carbocycles. The zero-order valence-electron chi connectivity index (χ0n) is 11.9. The first-order valence-electron chi connectivity index (χ1n) is 6.25. The minimum absolute atomic E-state index is 0.0743. The highest BCUT2D eigenvalue weighted by atomic mass is 32.2. The molecule has 1 aromatic rings. The van der Waals surface area contributed by atoms with Gasteiger partial charge in [0, 0.05) is 17.5 Å². The zero-order valence-corrected chi connectivity index (χ0v) is 13.6. The second kappa shape index (κ2) is 7.35. The van der Waals surface area contributed by atoms with E-state index in [1.165, 1.54) is 11.3 Å². The maximum Gasteiger partial charge on any atom is 0.241 e. The molecule has 0 spiro atoms. The van der Waals surface area contributed by atoms with E-state index in [1.807, 2.05) is 38.3 Å². The van der Waals surface area contributed by atoms with Crippen LogP contribution in [-0.4, -0.2) is 47.0 Å². The molecule has 1 aromatic heterocycles. The lowest BCUT2D eigenvalue weighted by molar-refractivity contribution is 0.379. The van der Waals surface area contributed by atoms with Gasteiger partial charge in [-0.25, -0.2) is 13.1 Å². The van der Waals surface area contributed by atoms with Gasteiger partial charge in [-0.1, -0.05) is 0 Å². The molecular formula is C12H23N3O2S2. The van der Waals surface area contributed by atoms with Crippen LogP contribution in [0.5, 0.6) is 0 Å². The maximum absolute atomic E-state index is 12.3. The van der Waals surface area contributed by atoms with Crippen LogP contribution in [-0.2, 0) is 16.6 Å². The summed E-state index contributed by atoms with van der Waals surface area (Å²) in [5.74, 6) is 0. The second-order valence-electron chi connectivity index (χ2n) is 4.85. The minimum Gasteiger partial charge on any atom is -0.315 e. The molecule has 0 bridgehead atoms. The Morgan fingerprint density at radius 1 is 1.42 bits per heavy atom. The Bertz CT molecular complexity index is 483. The van der Waals surface area contributed by atoms with Gasteiger partial charge in [0.25, 0.3) is 0 Å². The Labute approximate surface area is 120 Å². The van der Waals surface area contributed by atoms with E-state index < -0.39 is 10.0 Å². The van der Waals surface area contributed by atoms with Crippen molar-refractivity contribution in [1.82, 2.24) is 14.9 Å². The fraction of sp³-hybridized carbons (Fsp3) is 0.667. The zero-order chi connectivity index (χ0) is 14.5. The number of thiophene rings is 1. The standard InChI is InChI=1S/C12H23N3O2S2/c1-10(5-7-15(3)4)14-19(16,17)12-6-8-18-11(12)9-13-2/h6,8,10,13-14H,5,7,9H2,1-4H3. The van der Waals surface area contributed by atoms with Gasteiger partial charge in [-0.3, -0.25) is 0 Å². The molecule has 0 saturated heterocycles. The highest BCUT2D eigenvalue weighted by Gasteiger charge is 2.21. The monoisotopic (exact) mass is 305 g/mol. The summed E-state index contributed by atoms with van der Waals surface area (Å²) in [5.41, 5.74) is 0. The maximum atomic E-state index is 12.3. The van der Waals surface area contributed by atoms with Crippen LogP contribution in [0.4, 0.5) is 0 Å². The van der Waals surface area contributed by atoms with Gasteiger partial charge in [0.2, 0.25) is 10.0 Å². The molecule has 0 amide bonds. The normalized spacial score (nSPS) is 13.9. The predicted octanol–water partition coefficient (Wildman–Crippen LogP) is 1.09. The number of nitrogens with zero attached hydrogens (tertiary/aromatic N) is 1. The first-order chi connectivity index (χ1) is 8.86. The Kier molecular flexibility index (Phi) is 6.41. The van der Waals surface area contributed by atoms with E-state index in [0.29, 0.717) is 11.4 Å². The molecule has 2 N–H and O–H groups in total. The van der Waals surface area contributed by atoms with Crippen LogP contribution in [0, 0.1) is 0 Å². The van der Waals surface area contributed by atoms with E-state index in [1.54, 1.807) is 6.07 Å². The predicted molar refractivity (Wildman–Crippen MR) is 80.0 cm³/mol. The molecule has 19 heavy (non-hydrogen) atoms. The number of rotatable bonds is 8. The molecule has 1 heterocycles. The van der Waals surface area contributed by atoms with Gasteiger partial charge in [0.15, 0.2) is 0 Å². The molecule has 0 aliphatic heterocycles. The van der Waals surface area contributed by atoms with Crippen molar-refractivity contribution in [2.24, 2.45) is 0 Å². The average molecular weight is 305 g/mol. The largest absolute Gasteiger partial charge is 0.315 e. The van der Waals surface area contributed by atoms with Crippen molar-refractivity contribution < 1.29 is 8.42 Å². The third-order valence-electron chi connectivity index (χ3n) is 2.70. The van der Waals surface area contributed by atoms with Gasteiger partial charge in [-0.15, -0.1) is 11.3 Å².